The summed E-state index contributed by atoms with van der Waals surface area (Å²) in [4.78, 5) is 4.95. The van der Waals surface area contributed by atoms with Crippen molar-refractivity contribution in [2.45, 2.75) is 10.6 Å². The predicted octanol–water partition coefficient (Wildman–Crippen LogP) is 1.94. The maximum atomic E-state index is 5.77. The summed E-state index contributed by atoms with van der Waals surface area (Å²) in [7, 11) is 0. The lowest BCUT2D eigenvalue weighted by molar-refractivity contribution is 0.390. The lowest BCUT2D eigenvalue weighted by atomic mass is 10.3. The largest absolute Gasteiger partial charge is 0.398 e. The Labute approximate surface area is 85.5 Å². The van der Waals surface area contributed by atoms with E-state index in [0.717, 1.165) is 10.6 Å². The molecule has 0 saturated heterocycles. The van der Waals surface area contributed by atoms with Gasteiger partial charge in [-0.25, -0.2) is 0 Å². The van der Waals surface area contributed by atoms with Gasteiger partial charge < -0.3 is 10.3 Å². The van der Waals surface area contributed by atoms with Crippen LogP contribution in [0.2, 0.25) is 0 Å². The van der Waals surface area contributed by atoms with Crippen LogP contribution >= 0.6 is 11.8 Å². The van der Waals surface area contributed by atoms with E-state index < -0.39 is 0 Å². The van der Waals surface area contributed by atoms with Gasteiger partial charge in [-0.2, -0.15) is 4.98 Å². The molecule has 72 valence electrons. The van der Waals surface area contributed by atoms with Gasteiger partial charge in [0.15, 0.2) is 6.33 Å². The molecule has 0 saturated carbocycles. The second kappa shape index (κ2) is 4.15. The molecule has 0 aliphatic carbocycles. The average Bonchev–Trinajstić information content (AvgIpc) is 2.69. The van der Waals surface area contributed by atoms with E-state index >= 15 is 0 Å². The highest BCUT2D eigenvalue weighted by atomic mass is 32.2. The van der Waals surface area contributed by atoms with E-state index in [1.54, 1.807) is 11.8 Å². The van der Waals surface area contributed by atoms with Crippen LogP contribution in [0.4, 0.5) is 5.69 Å². The minimum absolute atomic E-state index is 0.609. The van der Waals surface area contributed by atoms with Gasteiger partial charge in [0.1, 0.15) is 0 Å². The molecule has 1 aromatic heterocycles. The second-order valence-electron chi connectivity index (χ2n) is 2.66. The third kappa shape index (κ3) is 2.05. The molecule has 0 amide bonds. The summed E-state index contributed by atoms with van der Waals surface area (Å²) in [6.07, 6.45) is 1.39. The van der Waals surface area contributed by atoms with Crippen LogP contribution in [-0.4, -0.2) is 10.1 Å². The van der Waals surface area contributed by atoms with Crippen LogP contribution in [0.25, 0.3) is 0 Å². The number of hydrogen-bond donors (Lipinski definition) is 1. The fourth-order valence-electron chi connectivity index (χ4n) is 1.01. The molecule has 0 fully saturated rings. The van der Waals surface area contributed by atoms with Gasteiger partial charge >= 0.3 is 0 Å². The molecule has 5 heteroatoms. The van der Waals surface area contributed by atoms with E-state index in [9.17, 15) is 0 Å². The number of benzene rings is 1. The van der Waals surface area contributed by atoms with Gasteiger partial charge in [-0.1, -0.05) is 17.3 Å². The minimum Gasteiger partial charge on any atom is -0.398 e. The standard InChI is InChI=1S/C9H9N3OS/c10-7-3-1-2-4-8(7)14-5-9-11-6-12-13-9/h1-4,6H,5,10H2. The molecule has 0 aliphatic rings. The number of nitrogen functional groups attached to an aromatic ring is 1. The molecule has 2 N–H and O–H groups in total. The number of nitrogens with two attached hydrogens (primary N) is 1. The molecular weight excluding hydrogens is 198 g/mol. The maximum absolute atomic E-state index is 5.77. The molecule has 0 radical (unpaired) electrons. The van der Waals surface area contributed by atoms with Gasteiger partial charge in [0, 0.05) is 10.6 Å². The number of rotatable bonds is 3. The fraction of sp³-hybridized carbons (Fsp3) is 0.111. The Kier molecular flexibility index (Phi) is 2.69. The zero-order chi connectivity index (χ0) is 9.80. The number of nitrogens with zero attached hydrogens (tertiary/aromatic N) is 2. The number of aromatic nitrogens is 2. The first-order valence-corrected chi connectivity index (χ1v) is 5.07. The Bertz CT molecular complexity index is 402. The highest BCUT2D eigenvalue weighted by Gasteiger charge is 2.02. The predicted molar refractivity (Wildman–Crippen MR) is 54.7 cm³/mol. The van der Waals surface area contributed by atoms with Crippen LogP contribution in [0.15, 0.2) is 40.0 Å². The lowest BCUT2D eigenvalue weighted by Gasteiger charge is -2.01. The first-order chi connectivity index (χ1) is 6.86. The van der Waals surface area contributed by atoms with Crippen LogP contribution in [0, 0.1) is 0 Å². The number of hydrogen-bond acceptors (Lipinski definition) is 5. The van der Waals surface area contributed by atoms with Gasteiger partial charge in [-0.05, 0) is 12.1 Å². The van der Waals surface area contributed by atoms with Crippen molar-refractivity contribution in [3.63, 3.8) is 0 Å². The highest BCUT2D eigenvalue weighted by molar-refractivity contribution is 7.98. The van der Waals surface area contributed by atoms with Crippen molar-refractivity contribution in [2.75, 3.05) is 5.73 Å². The van der Waals surface area contributed by atoms with Crippen LogP contribution in [0.3, 0.4) is 0 Å². The van der Waals surface area contributed by atoms with Crippen LogP contribution in [0.1, 0.15) is 5.89 Å². The molecule has 0 unspecified atom stereocenters. The van der Waals surface area contributed by atoms with Gasteiger partial charge in [-0.3, -0.25) is 0 Å². The van der Waals surface area contributed by atoms with E-state index in [-0.39, 0.29) is 0 Å². The second-order valence-corrected chi connectivity index (χ2v) is 3.68. The van der Waals surface area contributed by atoms with Gasteiger partial charge in [0.2, 0.25) is 5.89 Å². The molecule has 0 aliphatic heterocycles. The maximum Gasteiger partial charge on any atom is 0.236 e. The molecule has 1 heterocycles. The summed E-state index contributed by atoms with van der Waals surface area (Å²) < 4.78 is 4.87. The zero-order valence-corrected chi connectivity index (χ0v) is 8.20. The van der Waals surface area contributed by atoms with Crippen molar-refractivity contribution in [1.29, 1.82) is 0 Å². The molecule has 0 spiro atoms. The van der Waals surface area contributed by atoms with E-state index in [4.69, 9.17) is 10.3 Å². The molecule has 0 atom stereocenters. The summed E-state index contributed by atoms with van der Waals surface area (Å²) in [6, 6.07) is 7.70. The van der Waals surface area contributed by atoms with Crippen LogP contribution in [-0.2, 0) is 5.75 Å². The average molecular weight is 207 g/mol. The zero-order valence-electron chi connectivity index (χ0n) is 7.38. The first kappa shape index (κ1) is 9.08. The van der Waals surface area contributed by atoms with Crippen molar-refractivity contribution in [2.24, 2.45) is 0 Å². The Hall–Kier alpha value is -1.49. The van der Waals surface area contributed by atoms with Crippen molar-refractivity contribution in [3.05, 3.63) is 36.5 Å². The van der Waals surface area contributed by atoms with E-state index in [1.807, 2.05) is 24.3 Å². The van der Waals surface area contributed by atoms with Crippen molar-refractivity contribution in [3.8, 4) is 0 Å². The molecule has 2 aromatic rings. The van der Waals surface area contributed by atoms with E-state index in [2.05, 4.69) is 10.1 Å². The number of anilines is 1. The molecular formula is C9H9N3OS. The lowest BCUT2D eigenvalue weighted by Crippen LogP contribution is -1.88. The Morgan fingerprint density at radius 2 is 2.21 bits per heavy atom. The molecule has 2 rings (SSSR count). The third-order valence-electron chi connectivity index (χ3n) is 1.68. The Balaban J connectivity index is 2.02. The first-order valence-electron chi connectivity index (χ1n) is 4.09. The fourth-order valence-corrected chi connectivity index (χ4v) is 1.83. The summed E-state index contributed by atoms with van der Waals surface area (Å²) in [6.45, 7) is 0. The SMILES string of the molecule is Nc1ccccc1SCc1ncno1. The third-order valence-corrected chi connectivity index (χ3v) is 2.75. The van der Waals surface area contributed by atoms with E-state index in [0.29, 0.717) is 11.6 Å². The van der Waals surface area contributed by atoms with Gasteiger partial charge in [-0.15, -0.1) is 11.8 Å². The summed E-state index contributed by atoms with van der Waals surface area (Å²) >= 11 is 1.58. The van der Waals surface area contributed by atoms with Crippen LogP contribution < -0.4 is 5.73 Å². The van der Waals surface area contributed by atoms with Gasteiger partial charge in [0.05, 0.1) is 5.75 Å². The van der Waals surface area contributed by atoms with E-state index in [1.165, 1.54) is 6.33 Å². The number of thioether (sulfide) groups is 1. The summed E-state index contributed by atoms with van der Waals surface area (Å²) in [5.74, 6) is 1.26. The van der Waals surface area contributed by atoms with Crippen molar-refractivity contribution >= 4 is 17.4 Å². The monoisotopic (exact) mass is 207 g/mol. The van der Waals surface area contributed by atoms with Crippen molar-refractivity contribution < 1.29 is 4.52 Å². The summed E-state index contributed by atoms with van der Waals surface area (Å²) in [5.41, 5.74) is 6.55. The normalized spacial score (nSPS) is 10.3. The minimum atomic E-state index is 0.609. The molecule has 14 heavy (non-hydrogen) atoms. The molecule has 1 aromatic carbocycles. The topological polar surface area (TPSA) is 64.9 Å². The molecule has 4 nitrogen and oxygen atoms in total. The molecule has 0 bridgehead atoms. The summed E-state index contributed by atoms with van der Waals surface area (Å²) in [5, 5.41) is 3.53. The number of para-hydroxylation sites is 1. The van der Waals surface area contributed by atoms with Crippen molar-refractivity contribution in [1.82, 2.24) is 10.1 Å². The Morgan fingerprint density at radius 1 is 1.36 bits per heavy atom. The Morgan fingerprint density at radius 3 is 2.93 bits per heavy atom. The highest BCUT2D eigenvalue weighted by Crippen LogP contribution is 2.26. The quantitative estimate of drug-likeness (QED) is 0.615. The van der Waals surface area contributed by atoms with Crippen LogP contribution in [0.5, 0.6) is 0 Å². The smallest absolute Gasteiger partial charge is 0.236 e. The van der Waals surface area contributed by atoms with Gasteiger partial charge in [0.25, 0.3) is 0 Å².